The Morgan fingerprint density at radius 3 is 1.64 bits per heavy atom. The van der Waals surface area contributed by atoms with E-state index in [0.29, 0.717) is 0 Å². The number of carbonyl (C=O) groups excluding carboxylic acids is 2. The standard InChI is InChI=1S/C24H42O6.3CH4/c1-4-5-6-7-8-9-10-11-12-13-14-15-16-17-18-19-22(25)29-21(3)24(28)30-20(2)23(26)27;;;/h11-12,20-21H,4-10,13-19H2,1-3H3,(H,26,27);3*1H4/b12-11-;;;. The Morgan fingerprint density at radius 1 is 0.697 bits per heavy atom. The third-order valence-electron chi connectivity index (χ3n) is 4.92. The number of allylic oxidation sites excluding steroid dienone is 2. The Hall–Kier alpha value is -1.85. The quantitative estimate of drug-likeness (QED) is 0.116. The van der Waals surface area contributed by atoms with Crippen molar-refractivity contribution >= 4 is 17.9 Å². The molecule has 0 aliphatic carbocycles. The van der Waals surface area contributed by atoms with Crippen molar-refractivity contribution in [2.45, 2.75) is 145 Å². The minimum absolute atomic E-state index is 0. The monoisotopic (exact) mass is 474 g/mol. The van der Waals surface area contributed by atoms with E-state index in [1.807, 2.05) is 0 Å². The van der Waals surface area contributed by atoms with E-state index in [9.17, 15) is 14.4 Å². The summed E-state index contributed by atoms with van der Waals surface area (Å²) >= 11 is 0. The topological polar surface area (TPSA) is 89.9 Å². The predicted molar refractivity (Wildman–Crippen MR) is 138 cm³/mol. The van der Waals surface area contributed by atoms with Crippen LogP contribution in [-0.4, -0.2) is 35.2 Å². The van der Waals surface area contributed by atoms with Crippen molar-refractivity contribution < 1.29 is 29.0 Å². The third kappa shape index (κ3) is 24.6. The van der Waals surface area contributed by atoms with Gasteiger partial charge in [-0.25, -0.2) is 9.59 Å². The van der Waals surface area contributed by atoms with Gasteiger partial charge >= 0.3 is 17.9 Å². The van der Waals surface area contributed by atoms with Gasteiger partial charge in [-0.1, -0.05) is 92.7 Å². The van der Waals surface area contributed by atoms with E-state index >= 15 is 0 Å². The van der Waals surface area contributed by atoms with E-state index in [-0.39, 0.29) is 28.7 Å². The van der Waals surface area contributed by atoms with Crippen molar-refractivity contribution in [3.05, 3.63) is 12.2 Å². The Balaban J connectivity index is -0.00000140. The molecule has 0 heterocycles. The summed E-state index contributed by atoms with van der Waals surface area (Å²) in [4.78, 5) is 34.1. The molecule has 198 valence electrons. The van der Waals surface area contributed by atoms with E-state index in [1.165, 1.54) is 65.2 Å². The summed E-state index contributed by atoms with van der Waals surface area (Å²) in [6.45, 7) is 4.88. The molecular weight excluding hydrogens is 420 g/mol. The lowest BCUT2D eigenvalue weighted by atomic mass is 10.1. The van der Waals surface area contributed by atoms with Gasteiger partial charge in [-0.2, -0.15) is 0 Å². The third-order valence-corrected chi connectivity index (χ3v) is 4.92. The normalized spacial score (nSPS) is 12.0. The van der Waals surface area contributed by atoms with Gasteiger partial charge < -0.3 is 14.6 Å². The first-order valence-electron chi connectivity index (χ1n) is 11.7. The zero-order valence-corrected chi connectivity index (χ0v) is 19.2. The van der Waals surface area contributed by atoms with Crippen LogP contribution < -0.4 is 0 Å². The van der Waals surface area contributed by atoms with Gasteiger partial charge in [0.25, 0.3) is 0 Å². The molecule has 0 saturated heterocycles. The number of unbranched alkanes of at least 4 members (excludes halogenated alkanes) is 11. The first-order chi connectivity index (χ1) is 14.4. The van der Waals surface area contributed by atoms with Crippen molar-refractivity contribution in [2.75, 3.05) is 0 Å². The summed E-state index contributed by atoms with van der Waals surface area (Å²) in [7, 11) is 0. The molecule has 6 heteroatoms. The molecule has 2 unspecified atom stereocenters. The number of ether oxygens (including phenoxy) is 2. The summed E-state index contributed by atoms with van der Waals surface area (Å²) in [5.41, 5.74) is 0. The van der Waals surface area contributed by atoms with Gasteiger partial charge in [0.05, 0.1) is 0 Å². The minimum atomic E-state index is -1.26. The first-order valence-corrected chi connectivity index (χ1v) is 11.7. The van der Waals surface area contributed by atoms with Crippen molar-refractivity contribution in [1.29, 1.82) is 0 Å². The molecule has 2 atom stereocenters. The lowest BCUT2D eigenvalue weighted by Gasteiger charge is -2.14. The molecule has 0 radical (unpaired) electrons. The lowest BCUT2D eigenvalue weighted by Crippen LogP contribution is -2.32. The molecule has 0 fully saturated rings. The number of aliphatic carboxylic acids is 1. The van der Waals surface area contributed by atoms with Crippen molar-refractivity contribution in [3.8, 4) is 0 Å². The maximum absolute atomic E-state index is 11.8. The number of esters is 2. The maximum Gasteiger partial charge on any atom is 0.347 e. The maximum atomic E-state index is 11.8. The van der Waals surface area contributed by atoms with Crippen LogP contribution in [-0.2, 0) is 23.9 Å². The Bertz CT molecular complexity index is 501. The Kier molecular flexibility index (Phi) is 30.7. The van der Waals surface area contributed by atoms with Crippen LogP contribution in [0.2, 0.25) is 0 Å². The molecule has 0 spiro atoms. The molecule has 0 aromatic rings. The van der Waals surface area contributed by atoms with Crippen LogP contribution in [0.15, 0.2) is 12.2 Å². The predicted octanol–water partition coefficient (Wildman–Crippen LogP) is 7.88. The number of carboxylic acid groups (broad SMARTS) is 1. The van der Waals surface area contributed by atoms with Gasteiger partial charge in [0.15, 0.2) is 12.2 Å². The number of rotatable bonds is 19. The average Bonchev–Trinajstić information content (AvgIpc) is 2.70. The van der Waals surface area contributed by atoms with Crippen molar-refractivity contribution in [2.24, 2.45) is 0 Å². The zero-order chi connectivity index (χ0) is 22.6. The molecule has 0 aliphatic heterocycles. The highest BCUT2D eigenvalue weighted by Crippen LogP contribution is 2.11. The van der Waals surface area contributed by atoms with Crippen LogP contribution in [0.5, 0.6) is 0 Å². The highest BCUT2D eigenvalue weighted by molar-refractivity contribution is 5.82. The minimum Gasteiger partial charge on any atom is -0.479 e. The van der Waals surface area contributed by atoms with E-state index < -0.39 is 30.1 Å². The van der Waals surface area contributed by atoms with Gasteiger partial charge in [0.1, 0.15) is 0 Å². The fourth-order valence-electron chi connectivity index (χ4n) is 2.96. The molecule has 0 bridgehead atoms. The van der Waals surface area contributed by atoms with Gasteiger partial charge in [-0.3, -0.25) is 4.79 Å². The van der Waals surface area contributed by atoms with Gasteiger partial charge in [-0.15, -0.1) is 0 Å². The van der Waals surface area contributed by atoms with E-state index in [2.05, 4.69) is 23.8 Å². The van der Waals surface area contributed by atoms with Crippen LogP contribution in [0.25, 0.3) is 0 Å². The van der Waals surface area contributed by atoms with Gasteiger partial charge in [-0.05, 0) is 46.0 Å². The summed E-state index contributed by atoms with van der Waals surface area (Å²) in [5, 5.41) is 8.71. The summed E-state index contributed by atoms with van der Waals surface area (Å²) in [6, 6.07) is 0. The molecule has 33 heavy (non-hydrogen) atoms. The van der Waals surface area contributed by atoms with Crippen molar-refractivity contribution in [3.63, 3.8) is 0 Å². The number of carboxylic acids is 1. The Morgan fingerprint density at radius 2 is 1.15 bits per heavy atom. The lowest BCUT2D eigenvalue weighted by molar-refractivity contribution is -0.174. The van der Waals surface area contributed by atoms with Gasteiger partial charge in [0, 0.05) is 6.42 Å². The smallest absolute Gasteiger partial charge is 0.347 e. The number of carbonyl (C=O) groups is 3. The molecule has 0 rings (SSSR count). The van der Waals surface area contributed by atoms with Crippen LogP contribution >= 0.6 is 0 Å². The van der Waals surface area contributed by atoms with E-state index in [1.54, 1.807) is 0 Å². The zero-order valence-electron chi connectivity index (χ0n) is 19.2. The van der Waals surface area contributed by atoms with Gasteiger partial charge in [0.2, 0.25) is 0 Å². The molecule has 1 N–H and O–H groups in total. The number of hydrogen-bond acceptors (Lipinski definition) is 5. The fourth-order valence-corrected chi connectivity index (χ4v) is 2.96. The Labute approximate surface area is 204 Å². The second-order valence-corrected chi connectivity index (χ2v) is 7.88. The van der Waals surface area contributed by atoms with Crippen LogP contribution in [0.3, 0.4) is 0 Å². The fraction of sp³-hybridized carbons (Fsp3) is 0.815. The largest absolute Gasteiger partial charge is 0.479 e. The van der Waals surface area contributed by atoms with Crippen molar-refractivity contribution in [1.82, 2.24) is 0 Å². The molecular formula is C27H54O6. The second kappa shape index (κ2) is 26.4. The summed E-state index contributed by atoms with van der Waals surface area (Å²) in [6.07, 6.45) is 17.9. The molecule has 0 aromatic carbocycles. The molecule has 0 saturated carbocycles. The first kappa shape index (κ1) is 38.4. The highest BCUT2D eigenvalue weighted by atomic mass is 16.6. The van der Waals surface area contributed by atoms with Crippen LogP contribution in [0, 0.1) is 0 Å². The SMILES string of the molecule is C.C.C.CCCCCCCC/C=C\CCCCCCCC(=O)OC(C)C(=O)OC(C)C(=O)O. The van der Waals surface area contributed by atoms with E-state index in [4.69, 9.17) is 9.84 Å². The average molecular weight is 475 g/mol. The molecule has 0 aliphatic rings. The second-order valence-electron chi connectivity index (χ2n) is 7.88. The molecule has 0 aromatic heterocycles. The summed E-state index contributed by atoms with van der Waals surface area (Å²) < 4.78 is 9.68. The van der Waals surface area contributed by atoms with E-state index in [0.717, 1.165) is 32.1 Å². The van der Waals surface area contributed by atoms with Crippen LogP contribution in [0.4, 0.5) is 0 Å². The summed E-state index contributed by atoms with van der Waals surface area (Å²) in [5.74, 6) is -2.54. The molecule has 6 nitrogen and oxygen atoms in total. The number of hydrogen-bond donors (Lipinski definition) is 1. The molecule has 0 amide bonds. The van der Waals surface area contributed by atoms with Crippen LogP contribution in [0.1, 0.15) is 133 Å². The highest BCUT2D eigenvalue weighted by Gasteiger charge is 2.23.